The van der Waals surface area contributed by atoms with E-state index in [9.17, 15) is 14.4 Å². The molecule has 0 spiro atoms. The summed E-state index contributed by atoms with van der Waals surface area (Å²) in [7, 11) is 1.98. The molecule has 1 aliphatic rings. The second-order valence-corrected chi connectivity index (χ2v) is 6.98. The number of nitrogens with zero attached hydrogens (tertiary/aromatic N) is 5. The Bertz CT molecular complexity index is 844. The van der Waals surface area contributed by atoms with E-state index in [2.05, 4.69) is 20.5 Å². The molecule has 1 aliphatic heterocycles. The minimum atomic E-state index is -1.01. The van der Waals surface area contributed by atoms with Crippen molar-refractivity contribution in [3.63, 3.8) is 0 Å². The summed E-state index contributed by atoms with van der Waals surface area (Å²) in [6.07, 6.45) is 3.09. The number of rotatable bonds is 7. The number of carboxylic acid groups (broad SMARTS) is 1. The maximum atomic E-state index is 12.9. The lowest BCUT2D eigenvalue weighted by Crippen LogP contribution is -2.54. The SMILES string of the molecule is CN1CCN(C(=O)C(CCC(=O)O)NC(=O)c2ccc(-n3ccnn3)cc2)CC1. The molecule has 1 aromatic carbocycles. The number of aromatic nitrogens is 3. The molecule has 1 aromatic heterocycles. The standard InChI is InChI=1S/C19H24N6O4/c1-23-10-12-24(13-11-23)19(29)16(6-7-17(26)27)21-18(28)14-2-4-15(5-3-14)25-9-8-20-22-25/h2-5,8-9,16H,6-7,10-13H2,1H3,(H,21,28)(H,26,27). The Kier molecular flexibility index (Phi) is 6.55. The number of carboxylic acids is 1. The fourth-order valence-corrected chi connectivity index (χ4v) is 3.13. The van der Waals surface area contributed by atoms with Gasteiger partial charge in [-0.15, -0.1) is 5.10 Å². The summed E-state index contributed by atoms with van der Waals surface area (Å²) in [6.45, 7) is 2.60. The topological polar surface area (TPSA) is 121 Å². The van der Waals surface area contributed by atoms with Crippen molar-refractivity contribution in [3.8, 4) is 5.69 Å². The van der Waals surface area contributed by atoms with Gasteiger partial charge in [0, 0.05) is 38.2 Å². The van der Waals surface area contributed by atoms with Crippen LogP contribution in [0.5, 0.6) is 0 Å². The van der Waals surface area contributed by atoms with Crippen LogP contribution < -0.4 is 5.32 Å². The first kappa shape index (κ1) is 20.5. The molecule has 0 aliphatic carbocycles. The number of nitrogens with one attached hydrogen (secondary N) is 1. The number of hydrogen-bond acceptors (Lipinski definition) is 6. The molecule has 0 saturated carbocycles. The van der Waals surface area contributed by atoms with Crippen LogP contribution in [0.25, 0.3) is 5.69 Å². The maximum Gasteiger partial charge on any atom is 0.303 e. The summed E-state index contributed by atoms with van der Waals surface area (Å²) >= 11 is 0. The Labute approximate surface area is 168 Å². The molecule has 2 heterocycles. The molecule has 10 nitrogen and oxygen atoms in total. The third-order valence-electron chi connectivity index (χ3n) is 4.88. The molecule has 2 amide bonds. The normalized spacial score (nSPS) is 15.7. The van der Waals surface area contributed by atoms with Gasteiger partial charge in [0.15, 0.2) is 0 Å². The molecule has 1 atom stereocenters. The summed E-state index contributed by atoms with van der Waals surface area (Å²) in [6, 6.07) is 5.81. The molecule has 29 heavy (non-hydrogen) atoms. The van der Waals surface area contributed by atoms with Gasteiger partial charge in [-0.3, -0.25) is 14.4 Å². The largest absolute Gasteiger partial charge is 0.481 e. The third kappa shape index (κ3) is 5.38. The zero-order valence-electron chi connectivity index (χ0n) is 16.2. The highest BCUT2D eigenvalue weighted by atomic mass is 16.4. The molecule has 3 rings (SSSR count). The van der Waals surface area contributed by atoms with Crippen LogP contribution in [0.15, 0.2) is 36.7 Å². The van der Waals surface area contributed by atoms with Gasteiger partial charge in [0.2, 0.25) is 5.91 Å². The molecule has 1 unspecified atom stereocenters. The van der Waals surface area contributed by atoms with Crippen LogP contribution in [0.3, 0.4) is 0 Å². The Balaban J connectivity index is 1.68. The molecule has 0 radical (unpaired) electrons. The number of likely N-dealkylation sites (N-methyl/N-ethyl adjacent to an activating group) is 1. The molecule has 0 bridgehead atoms. The Morgan fingerprint density at radius 3 is 2.41 bits per heavy atom. The monoisotopic (exact) mass is 400 g/mol. The molecule has 10 heteroatoms. The van der Waals surface area contributed by atoms with Crippen molar-refractivity contribution < 1.29 is 19.5 Å². The molecule has 154 valence electrons. The second-order valence-electron chi connectivity index (χ2n) is 6.98. The van der Waals surface area contributed by atoms with E-state index >= 15 is 0 Å². The average molecular weight is 400 g/mol. The molecular formula is C19H24N6O4. The number of carbonyl (C=O) groups is 3. The summed E-state index contributed by atoms with van der Waals surface area (Å²) in [5, 5.41) is 19.3. The fraction of sp³-hybridized carbons (Fsp3) is 0.421. The summed E-state index contributed by atoms with van der Waals surface area (Å²) < 4.78 is 1.56. The van der Waals surface area contributed by atoms with Gasteiger partial charge in [-0.2, -0.15) is 0 Å². The minimum Gasteiger partial charge on any atom is -0.481 e. The van der Waals surface area contributed by atoms with Crippen molar-refractivity contribution in [1.29, 1.82) is 0 Å². The van der Waals surface area contributed by atoms with E-state index in [0.29, 0.717) is 18.7 Å². The summed E-state index contributed by atoms with van der Waals surface area (Å²) in [5.41, 5.74) is 1.12. The van der Waals surface area contributed by atoms with Gasteiger partial charge in [0.05, 0.1) is 18.1 Å². The van der Waals surface area contributed by atoms with Crippen LogP contribution in [-0.4, -0.2) is 87.0 Å². The number of amides is 2. The Morgan fingerprint density at radius 2 is 1.83 bits per heavy atom. The molecule has 2 aromatic rings. The van der Waals surface area contributed by atoms with Crippen molar-refractivity contribution in [2.45, 2.75) is 18.9 Å². The van der Waals surface area contributed by atoms with E-state index in [1.807, 2.05) is 7.05 Å². The van der Waals surface area contributed by atoms with Gasteiger partial charge in [-0.25, -0.2) is 4.68 Å². The molecule has 1 saturated heterocycles. The van der Waals surface area contributed by atoms with Crippen LogP contribution in [-0.2, 0) is 9.59 Å². The van der Waals surface area contributed by atoms with E-state index in [4.69, 9.17) is 5.11 Å². The van der Waals surface area contributed by atoms with Crippen molar-refractivity contribution >= 4 is 17.8 Å². The van der Waals surface area contributed by atoms with Crippen molar-refractivity contribution in [2.75, 3.05) is 33.2 Å². The maximum absolute atomic E-state index is 12.9. The van der Waals surface area contributed by atoms with Gasteiger partial charge in [0.1, 0.15) is 6.04 Å². The minimum absolute atomic E-state index is 0.0449. The summed E-state index contributed by atoms with van der Waals surface area (Å²) in [5.74, 6) is -1.67. The molecular weight excluding hydrogens is 376 g/mol. The van der Waals surface area contributed by atoms with E-state index in [1.165, 1.54) is 0 Å². The molecule has 2 N–H and O–H groups in total. The Hall–Kier alpha value is -3.27. The van der Waals surface area contributed by atoms with Crippen LogP contribution in [0.1, 0.15) is 23.2 Å². The number of benzene rings is 1. The van der Waals surface area contributed by atoms with E-state index in [0.717, 1.165) is 18.8 Å². The van der Waals surface area contributed by atoms with Crippen LogP contribution in [0.2, 0.25) is 0 Å². The summed E-state index contributed by atoms with van der Waals surface area (Å²) in [4.78, 5) is 40.3. The van der Waals surface area contributed by atoms with Gasteiger partial charge < -0.3 is 20.2 Å². The first-order valence-electron chi connectivity index (χ1n) is 9.41. The van der Waals surface area contributed by atoms with Crippen molar-refractivity contribution in [1.82, 2.24) is 30.1 Å². The first-order chi connectivity index (χ1) is 13.9. The average Bonchev–Trinajstić information content (AvgIpc) is 3.26. The van der Waals surface area contributed by atoms with Crippen molar-refractivity contribution in [3.05, 3.63) is 42.2 Å². The predicted molar refractivity (Wildman–Crippen MR) is 104 cm³/mol. The van der Waals surface area contributed by atoms with Crippen LogP contribution >= 0.6 is 0 Å². The number of aliphatic carboxylic acids is 1. The zero-order valence-corrected chi connectivity index (χ0v) is 16.2. The molecule has 1 fully saturated rings. The van der Waals surface area contributed by atoms with Crippen LogP contribution in [0, 0.1) is 0 Å². The van der Waals surface area contributed by atoms with Gasteiger partial charge in [-0.1, -0.05) is 5.21 Å². The lowest BCUT2D eigenvalue weighted by molar-refractivity contribution is -0.138. The lowest BCUT2D eigenvalue weighted by Gasteiger charge is -2.34. The van der Waals surface area contributed by atoms with E-state index < -0.39 is 17.9 Å². The zero-order chi connectivity index (χ0) is 20.8. The Morgan fingerprint density at radius 1 is 1.14 bits per heavy atom. The second kappa shape index (κ2) is 9.28. The smallest absolute Gasteiger partial charge is 0.303 e. The van der Waals surface area contributed by atoms with Gasteiger partial charge in [-0.05, 0) is 37.7 Å². The van der Waals surface area contributed by atoms with E-state index in [-0.39, 0.29) is 18.7 Å². The van der Waals surface area contributed by atoms with E-state index in [1.54, 1.807) is 46.2 Å². The highest BCUT2D eigenvalue weighted by Gasteiger charge is 2.28. The van der Waals surface area contributed by atoms with Crippen molar-refractivity contribution in [2.24, 2.45) is 0 Å². The number of hydrogen-bond donors (Lipinski definition) is 2. The van der Waals surface area contributed by atoms with Gasteiger partial charge >= 0.3 is 5.97 Å². The first-order valence-corrected chi connectivity index (χ1v) is 9.41. The van der Waals surface area contributed by atoms with Crippen LogP contribution in [0.4, 0.5) is 0 Å². The quantitative estimate of drug-likeness (QED) is 0.671. The van der Waals surface area contributed by atoms with Gasteiger partial charge in [0.25, 0.3) is 5.91 Å². The highest BCUT2D eigenvalue weighted by Crippen LogP contribution is 2.11. The predicted octanol–water partition coefficient (Wildman–Crippen LogP) is 0.00450. The fourth-order valence-electron chi connectivity index (χ4n) is 3.13. The highest BCUT2D eigenvalue weighted by molar-refractivity contribution is 5.97. The lowest BCUT2D eigenvalue weighted by atomic mass is 10.1. The number of piperazine rings is 1. The number of carbonyl (C=O) groups excluding carboxylic acids is 2. The third-order valence-corrected chi connectivity index (χ3v) is 4.88.